The van der Waals surface area contributed by atoms with Crippen molar-refractivity contribution in [1.29, 1.82) is 0 Å². The molecule has 3 N–H and O–H groups in total. The predicted molar refractivity (Wildman–Crippen MR) is 117 cm³/mol. The molecule has 3 aromatic rings. The quantitative estimate of drug-likeness (QED) is 0.606. The summed E-state index contributed by atoms with van der Waals surface area (Å²) in [6.07, 6.45) is 5.70. The SMILES string of the molecule is CCNC(=O)N[C@H]1CC[C@H](Nc2nccc(-c3ccc4ccccc4c3)n2)CC1. The van der Waals surface area contributed by atoms with E-state index >= 15 is 0 Å². The van der Waals surface area contributed by atoms with Crippen molar-refractivity contribution in [3.05, 3.63) is 54.7 Å². The summed E-state index contributed by atoms with van der Waals surface area (Å²) in [7, 11) is 0. The van der Waals surface area contributed by atoms with E-state index in [1.165, 1.54) is 10.8 Å². The molecule has 0 saturated heterocycles. The number of hydrogen-bond acceptors (Lipinski definition) is 4. The van der Waals surface area contributed by atoms with Gasteiger partial charge in [-0.1, -0.05) is 36.4 Å². The van der Waals surface area contributed by atoms with E-state index in [0.29, 0.717) is 18.5 Å². The molecule has 6 nitrogen and oxygen atoms in total. The Balaban J connectivity index is 1.39. The fraction of sp³-hybridized carbons (Fsp3) is 0.348. The Bertz CT molecular complexity index is 982. The van der Waals surface area contributed by atoms with Gasteiger partial charge in [0.15, 0.2) is 0 Å². The summed E-state index contributed by atoms with van der Waals surface area (Å²) in [6.45, 7) is 2.57. The number of amides is 2. The van der Waals surface area contributed by atoms with E-state index < -0.39 is 0 Å². The molecule has 0 atom stereocenters. The first-order chi connectivity index (χ1) is 14.2. The van der Waals surface area contributed by atoms with E-state index in [1.54, 1.807) is 0 Å². The maximum atomic E-state index is 11.7. The molecule has 0 bridgehead atoms. The lowest BCUT2D eigenvalue weighted by atomic mass is 9.91. The van der Waals surface area contributed by atoms with Crippen LogP contribution in [-0.4, -0.2) is 34.6 Å². The molecule has 1 aliphatic carbocycles. The van der Waals surface area contributed by atoms with Crippen LogP contribution in [0.1, 0.15) is 32.6 Å². The molecule has 1 aliphatic rings. The maximum absolute atomic E-state index is 11.7. The van der Waals surface area contributed by atoms with Gasteiger partial charge in [0.2, 0.25) is 5.95 Å². The molecule has 2 aromatic carbocycles. The molecular weight excluding hydrogens is 362 g/mol. The van der Waals surface area contributed by atoms with Crippen LogP contribution in [0.3, 0.4) is 0 Å². The summed E-state index contributed by atoms with van der Waals surface area (Å²) in [4.78, 5) is 20.8. The Morgan fingerprint density at radius 3 is 2.55 bits per heavy atom. The number of aromatic nitrogens is 2. The molecule has 1 heterocycles. The number of carbonyl (C=O) groups excluding carboxylic acids is 1. The minimum atomic E-state index is -0.0738. The van der Waals surface area contributed by atoms with Gasteiger partial charge >= 0.3 is 6.03 Å². The number of rotatable bonds is 5. The lowest BCUT2D eigenvalue weighted by Gasteiger charge is -2.29. The molecule has 1 aromatic heterocycles. The van der Waals surface area contributed by atoms with Gasteiger partial charge in [-0.2, -0.15) is 0 Å². The molecule has 0 aliphatic heterocycles. The summed E-state index contributed by atoms with van der Waals surface area (Å²) in [6, 6.07) is 17.2. The van der Waals surface area contributed by atoms with Crippen molar-refractivity contribution < 1.29 is 4.79 Å². The number of benzene rings is 2. The first kappa shape index (κ1) is 19.2. The molecule has 4 rings (SSSR count). The topological polar surface area (TPSA) is 78.9 Å². The highest BCUT2D eigenvalue weighted by atomic mass is 16.2. The van der Waals surface area contributed by atoms with Gasteiger partial charge in [-0.05, 0) is 55.5 Å². The predicted octanol–water partition coefficient (Wildman–Crippen LogP) is 4.34. The number of nitrogens with one attached hydrogen (secondary N) is 3. The smallest absolute Gasteiger partial charge is 0.314 e. The van der Waals surface area contributed by atoms with E-state index in [4.69, 9.17) is 4.98 Å². The van der Waals surface area contributed by atoms with Crippen LogP contribution in [0.25, 0.3) is 22.0 Å². The highest BCUT2D eigenvalue weighted by Crippen LogP contribution is 2.25. The normalized spacial score (nSPS) is 18.9. The van der Waals surface area contributed by atoms with E-state index in [1.807, 2.05) is 19.2 Å². The number of carbonyl (C=O) groups is 1. The van der Waals surface area contributed by atoms with Crippen molar-refractivity contribution in [2.24, 2.45) is 0 Å². The van der Waals surface area contributed by atoms with Gasteiger partial charge in [0.05, 0.1) is 5.69 Å². The summed E-state index contributed by atoms with van der Waals surface area (Å²) in [5, 5.41) is 11.7. The zero-order valence-corrected chi connectivity index (χ0v) is 16.7. The number of anilines is 1. The lowest BCUT2D eigenvalue weighted by molar-refractivity contribution is 0.232. The van der Waals surface area contributed by atoms with Crippen LogP contribution in [0.4, 0.5) is 10.7 Å². The maximum Gasteiger partial charge on any atom is 0.314 e. The molecule has 1 saturated carbocycles. The van der Waals surface area contributed by atoms with Gasteiger partial charge in [-0.25, -0.2) is 14.8 Å². The highest BCUT2D eigenvalue weighted by molar-refractivity contribution is 5.86. The Morgan fingerprint density at radius 2 is 1.76 bits per heavy atom. The molecule has 2 amide bonds. The lowest BCUT2D eigenvalue weighted by Crippen LogP contribution is -2.44. The molecular formula is C23H27N5O. The Hall–Kier alpha value is -3.15. The van der Waals surface area contributed by atoms with Gasteiger partial charge in [0.25, 0.3) is 0 Å². The van der Waals surface area contributed by atoms with Crippen molar-refractivity contribution in [2.75, 3.05) is 11.9 Å². The van der Waals surface area contributed by atoms with Crippen molar-refractivity contribution in [2.45, 2.75) is 44.7 Å². The minimum absolute atomic E-state index is 0.0738. The van der Waals surface area contributed by atoms with Crippen LogP contribution >= 0.6 is 0 Å². The van der Waals surface area contributed by atoms with Gasteiger partial charge in [0.1, 0.15) is 0 Å². The van der Waals surface area contributed by atoms with Gasteiger partial charge in [-0.3, -0.25) is 0 Å². The zero-order valence-electron chi connectivity index (χ0n) is 16.7. The molecule has 1 fully saturated rings. The van der Waals surface area contributed by atoms with Gasteiger partial charge in [0, 0.05) is 30.4 Å². The summed E-state index contributed by atoms with van der Waals surface area (Å²) in [5.74, 6) is 0.663. The Kier molecular flexibility index (Phi) is 5.89. The minimum Gasteiger partial charge on any atom is -0.351 e. The van der Waals surface area contributed by atoms with Crippen LogP contribution in [0.15, 0.2) is 54.7 Å². The highest BCUT2D eigenvalue weighted by Gasteiger charge is 2.22. The molecule has 0 spiro atoms. The molecule has 150 valence electrons. The second kappa shape index (κ2) is 8.90. The van der Waals surface area contributed by atoms with E-state index in [2.05, 4.69) is 63.4 Å². The van der Waals surface area contributed by atoms with Crippen molar-refractivity contribution >= 4 is 22.8 Å². The fourth-order valence-corrected chi connectivity index (χ4v) is 3.90. The third kappa shape index (κ3) is 4.83. The molecule has 6 heteroatoms. The second-order valence-corrected chi connectivity index (χ2v) is 7.52. The number of hydrogen-bond donors (Lipinski definition) is 3. The first-order valence-corrected chi connectivity index (χ1v) is 10.3. The van der Waals surface area contributed by atoms with Crippen molar-refractivity contribution in [1.82, 2.24) is 20.6 Å². The van der Waals surface area contributed by atoms with Crippen LogP contribution in [0.2, 0.25) is 0 Å². The van der Waals surface area contributed by atoms with E-state index in [-0.39, 0.29) is 12.1 Å². The van der Waals surface area contributed by atoms with Crippen molar-refractivity contribution in [3.8, 4) is 11.3 Å². The average molecular weight is 390 g/mol. The van der Waals surface area contributed by atoms with E-state index in [0.717, 1.165) is 36.9 Å². The monoisotopic (exact) mass is 389 g/mol. The summed E-state index contributed by atoms with van der Waals surface area (Å²) >= 11 is 0. The fourth-order valence-electron chi connectivity index (χ4n) is 3.90. The summed E-state index contributed by atoms with van der Waals surface area (Å²) < 4.78 is 0. The molecule has 0 unspecified atom stereocenters. The molecule has 29 heavy (non-hydrogen) atoms. The largest absolute Gasteiger partial charge is 0.351 e. The van der Waals surface area contributed by atoms with Crippen molar-refractivity contribution in [3.63, 3.8) is 0 Å². The standard InChI is InChI=1S/C23H27N5O/c1-2-24-23(29)27-20-11-9-19(10-12-20)26-22-25-14-13-21(28-22)18-8-7-16-5-3-4-6-17(16)15-18/h3-8,13-15,19-20H,2,9-12H2,1H3,(H2,24,27,29)(H,25,26,28)/t19-,20-. The second-order valence-electron chi connectivity index (χ2n) is 7.52. The van der Waals surface area contributed by atoms with Crippen LogP contribution in [0, 0.1) is 0 Å². The zero-order chi connectivity index (χ0) is 20.1. The van der Waals surface area contributed by atoms with E-state index in [9.17, 15) is 4.79 Å². The van der Waals surface area contributed by atoms with Crippen LogP contribution in [-0.2, 0) is 0 Å². The summed E-state index contributed by atoms with van der Waals surface area (Å²) in [5.41, 5.74) is 2.00. The Labute approximate surface area is 171 Å². The number of nitrogens with zero attached hydrogens (tertiary/aromatic N) is 2. The first-order valence-electron chi connectivity index (χ1n) is 10.3. The average Bonchev–Trinajstić information content (AvgIpc) is 2.75. The number of urea groups is 1. The van der Waals surface area contributed by atoms with Crippen LogP contribution < -0.4 is 16.0 Å². The van der Waals surface area contributed by atoms with Gasteiger partial charge in [-0.15, -0.1) is 0 Å². The third-order valence-corrected chi connectivity index (χ3v) is 5.43. The Morgan fingerprint density at radius 1 is 1.00 bits per heavy atom. The molecule has 0 radical (unpaired) electrons. The van der Waals surface area contributed by atoms with Gasteiger partial charge < -0.3 is 16.0 Å². The van der Waals surface area contributed by atoms with Crippen LogP contribution in [0.5, 0.6) is 0 Å². The third-order valence-electron chi connectivity index (χ3n) is 5.43. The number of fused-ring (bicyclic) bond motifs is 1.